The predicted octanol–water partition coefficient (Wildman–Crippen LogP) is 4.81. The van der Waals surface area contributed by atoms with E-state index in [1.165, 1.54) is 28.0 Å². The average molecular weight is 490 g/mol. The quantitative estimate of drug-likeness (QED) is 0.396. The number of para-hydroxylation sites is 1. The fourth-order valence-corrected chi connectivity index (χ4v) is 6.48. The first-order valence-electron chi connectivity index (χ1n) is 12.0. The largest absolute Gasteiger partial charge is 0.497 e. The molecule has 5 aromatic rings. The van der Waals surface area contributed by atoms with Crippen molar-refractivity contribution in [2.45, 2.75) is 18.9 Å². The molecule has 1 N–H and O–H groups in total. The third-order valence-corrected chi connectivity index (χ3v) is 8.17. The number of benzene rings is 3. The molecular formula is C30H23N3O2S. The van der Waals surface area contributed by atoms with E-state index in [1.807, 2.05) is 53.2 Å². The van der Waals surface area contributed by atoms with Gasteiger partial charge >= 0.3 is 0 Å². The highest BCUT2D eigenvalue weighted by Crippen LogP contribution is 2.41. The maximum Gasteiger partial charge on any atom is 0.271 e. The minimum Gasteiger partial charge on any atom is -0.497 e. The number of allylic oxidation sites excluding steroid dienone is 1. The van der Waals surface area contributed by atoms with Crippen LogP contribution in [0.15, 0.2) is 94.4 Å². The summed E-state index contributed by atoms with van der Waals surface area (Å²) in [5.41, 5.74) is 7.75. The molecule has 36 heavy (non-hydrogen) atoms. The Kier molecular flexibility index (Phi) is 4.82. The number of methoxy groups -OCH3 is 1. The fourth-order valence-electron chi connectivity index (χ4n) is 5.49. The first-order chi connectivity index (χ1) is 17.7. The number of aromatic amines is 1. The number of aryl methyl sites for hydroxylation is 1. The Bertz CT molecular complexity index is 1870. The van der Waals surface area contributed by atoms with Gasteiger partial charge in [0, 0.05) is 28.2 Å². The highest BCUT2D eigenvalue weighted by atomic mass is 32.1. The molecule has 0 amide bonds. The molecule has 2 aliphatic rings. The van der Waals surface area contributed by atoms with Crippen LogP contribution in [-0.2, 0) is 6.42 Å². The van der Waals surface area contributed by atoms with Crippen LogP contribution in [0.2, 0.25) is 0 Å². The van der Waals surface area contributed by atoms with Gasteiger partial charge in [-0.1, -0.05) is 65.9 Å². The molecule has 1 unspecified atom stereocenters. The number of thiazole rings is 1. The lowest BCUT2D eigenvalue weighted by molar-refractivity contribution is 0.413. The number of nitrogens with zero attached hydrogens (tertiary/aromatic N) is 2. The van der Waals surface area contributed by atoms with Crippen LogP contribution in [0.25, 0.3) is 22.7 Å². The zero-order valence-corrected chi connectivity index (χ0v) is 20.5. The predicted molar refractivity (Wildman–Crippen MR) is 144 cm³/mol. The van der Waals surface area contributed by atoms with Gasteiger partial charge < -0.3 is 9.72 Å². The number of hydrogen-bond donors (Lipinski definition) is 1. The Morgan fingerprint density at radius 2 is 1.92 bits per heavy atom. The summed E-state index contributed by atoms with van der Waals surface area (Å²) < 4.78 is 8.10. The molecule has 5 nitrogen and oxygen atoms in total. The van der Waals surface area contributed by atoms with Crippen LogP contribution < -0.4 is 19.6 Å². The van der Waals surface area contributed by atoms with Crippen molar-refractivity contribution in [2.24, 2.45) is 4.99 Å². The van der Waals surface area contributed by atoms with Crippen molar-refractivity contribution in [3.8, 4) is 5.75 Å². The third kappa shape index (κ3) is 3.22. The van der Waals surface area contributed by atoms with Gasteiger partial charge in [-0.2, -0.15) is 0 Å². The Morgan fingerprint density at radius 1 is 1.06 bits per heavy atom. The van der Waals surface area contributed by atoms with Crippen molar-refractivity contribution < 1.29 is 4.74 Å². The smallest absolute Gasteiger partial charge is 0.271 e. The molecule has 0 spiro atoms. The zero-order valence-electron chi connectivity index (χ0n) is 19.7. The Hall–Kier alpha value is -4.16. The standard InChI is InChI=1S/C30H23N3O2S/c1-35-21-9-6-8-19(15-21)28-24-14-13-18-7-2-3-11-23(18)27(24)32-30-33(28)29(34)26(36-30)16-20-17-31-25-12-5-4-10-22(20)25/h2-12,15-17,28,31H,13-14H2,1H3/b26-16-. The highest BCUT2D eigenvalue weighted by Gasteiger charge is 2.32. The van der Waals surface area contributed by atoms with Crippen LogP contribution in [0.4, 0.5) is 0 Å². The van der Waals surface area contributed by atoms with Crippen LogP contribution >= 0.6 is 11.3 Å². The molecule has 1 aliphatic heterocycles. The van der Waals surface area contributed by atoms with Gasteiger partial charge in [-0.3, -0.25) is 9.36 Å². The average Bonchev–Trinajstić information content (AvgIpc) is 3.48. The molecule has 2 aromatic heterocycles. The summed E-state index contributed by atoms with van der Waals surface area (Å²) in [6, 6.07) is 24.5. The lowest BCUT2D eigenvalue weighted by Gasteiger charge is -2.31. The number of rotatable bonds is 3. The number of ether oxygens (including phenoxy) is 1. The molecule has 3 aromatic carbocycles. The topological polar surface area (TPSA) is 59.4 Å². The molecule has 6 heteroatoms. The van der Waals surface area contributed by atoms with Gasteiger partial charge in [0.15, 0.2) is 4.80 Å². The minimum absolute atomic E-state index is 0.0118. The van der Waals surface area contributed by atoms with Crippen LogP contribution in [0.1, 0.15) is 34.7 Å². The van der Waals surface area contributed by atoms with Gasteiger partial charge in [-0.15, -0.1) is 0 Å². The molecule has 0 radical (unpaired) electrons. The third-order valence-electron chi connectivity index (χ3n) is 7.19. The number of aromatic nitrogens is 2. The molecule has 176 valence electrons. The van der Waals surface area contributed by atoms with Crippen LogP contribution in [-0.4, -0.2) is 16.7 Å². The summed E-state index contributed by atoms with van der Waals surface area (Å²) in [5, 5.41) is 1.10. The van der Waals surface area contributed by atoms with E-state index in [1.54, 1.807) is 7.11 Å². The van der Waals surface area contributed by atoms with Gasteiger partial charge in [-0.25, -0.2) is 4.99 Å². The number of fused-ring (bicyclic) bond motifs is 4. The van der Waals surface area contributed by atoms with Gasteiger partial charge in [0.25, 0.3) is 5.56 Å². The van der Waals surface area contributed by atoms with Gasteiger partial charge in [-0.05, 0) is 53.8 Å². The van der Waals surface area contributed by atoms with Gasteiger partial charge in [0.2, 0.25) is 0 Å². The van der Waals surface area contributed by atoms with E-state index >= 15 is 0 Å². The Morgan fingerprint density at radius 3 is 2.83 bits per heavy atom. The van der Waals surface area contributed by atoms with E-state index in [0.29, 0.717) is 4.53 Å². The number of H-pyrrole nitrogens is 1. The lowest BCUT2D eigenvalue weighted by Crippen LogP contribution is -2.38. The number of hydrogen-bond acceptors (Lipinski definition) is 4. The molecule has 0 saturated heterocycles. The zero-order chi connectivity index (χ0) is 24.2. The van der Waals surface area contributed by atoms with Crippen molar-refractivity contribution in [3.63, 3.8) is 0 Å². The van der Waals surface area contributed by atoms with Crippen LogP contribution in [0, 0.1) is 0 Å². The van der Waals surface area contributed by atoms with E-state index in [9.17, 15) is 4.79 Å². The van der Waals surface area contributed by atoms with E-state index in [0.717, 1.165) is 51.1 Å². The maximum atomic E-state index is 14.0. The first-order valence-corrected chi connectivity index (χ1v) is 12.9. The summed E-state index contributed by atoms with van der Waals surface area (Å²) in [7, 11) is 1.67. The monoisotopic (exact) mass is 489 g/mol. The maximum absolute atomic E-state index is 14.0. The van der Waals surface area contributed by atoms with Gasteiger partial charge in [0.05, 0.1) is 23.4 Å². The van der Waals surface area contributed by atoms with Crippen molar-refractivity contribution in [2.75, 3.05) is 7.11 Å². The van der Waals surface area contributed by atoms with Crippen molar-refractivity contribution in [1.82, 2.24) is 9.55 Å². The summed E-state index contributed by atoms with van der Waals surface area (Å²) in [4.78, 5) is 23.1. The van der Waals surface area contributed by atoms with E-state index < -0.39 is 0 Å². The molecule has 0 fully saturated rings. The molecule has 0 bridgehead atoms. The van der Waals surface area contributed by atoms with Gasteiger partial charge in [0.1, 0.15) is 5.75 Å². The summed E-state index contributed by atoms with van der Waals surface area (Å²) >= 11 is 1.46. The lowest BCUT2D eigenvalue weighted by atomic mass is 9.83. The first kappa shape index (κ1) is 21.1. The SMILES string of the molecule is COc1cccc(C2C3=C(N=c4s/c(=C\c5c[nH]c6ccccc56)c(=O)n42)c2ccccc2CC3)c1. The molecule has 1 aliphatic carbocycles. The second kappa shape index (κ2) is 8.21. The van der Waals surface area contributed by atoms with Crippen LogP contribution in [0.3, 0.4) is 0 Å². The van der Waals surface area contributed by atoms with E-state index in [-0.39, 0.29) is 11.6 Å². The molecule has 7 rings (SSSR count). The minimum atomic E-state index is -0.218. The molecular weight excluding hydrogens is 466 g/mol. The molecule has 3 heterocycles. The van der Waals surface area contributed by atoms with E-state index in [2.05, 4.69) is 41.4 Å². The fraction of sp³-hybridized carbons (Fsp3) is 0.133. The van der Waals surface area contributed by atoms with Crippen molar-refractivity contribution in [1.29, 1.82) is 0 Å². The second-order valence-corrected chi connectivity index (χ2v) is 10.2. The Labute approximate surface area is 211 Å². The normalized spacial score (nSPS) is 16.9. The summed E-state index contributed by atoms with van der Waals surface area (Å²) in [5.74, 6) is 0.781. The van der Waals surface area contributed by atoms with Crippen LogP contribution in [0.5, 0.6) is 5.75 Å². The second-order valence-electron chi connectivity index (χ2n) is 9.18. The molecule has 0 saturated carbocycles. The summed E-state index contributed by atoms with van der Waals surface area (Å²) in [6.07, 6.45) is 5.75. The Balaban J connectivity index is 1.50. The van der Waals surface area contributed by atoms with Crippen molar-refractivity contribution in [3.05, 3.63) is 127 Å². The van der Waals surface area contributed by atoms with E-state index in [4.69, 9.17) is 9.73 Å². The molecule has 1 atom stereocenters. The van der Waals surface area contributed by atoms with Crippen molar-refractivity contribution >= 4 is 34.0 Å². The number of nitrogens with one attached hydrogen (secondary N) is 1. The highest BCUT2D eigenvalue weighted by molar-refractivity contribution is 7.07. The summed E-state index contributed by atoms with van der Waals surface area (Å²) in [6.45, 7) is 0.